The number of hydrogen-bond donors (Lipinski definition) is 3. The molecule has 0 spiro atoms. The lowest BCUT2D eigenvalue weighted by Gasteiger charge is -2.14. The maximum absolute atomic E-state index is 12.5. The molecule has 7 nitrogen and oxygen atoms in total. The van der Waals surface area contributed by atoms with Crippen LogP contribution in [0.2, 0.25) is 0 Å². The van der Waals surface area contributed by atoms with Crippen LogP contribution in [0.5, 0.6) is 11.5 Å². The summed E-state index contributed by atoms with van der Waals surface area (Å²) in [7, 11) is 0. The second-order valence-corrected chi connectivity index (χ2v) is 5.93. The summed E-state index contributed by atoms with van der Waals surface area (Å²) >= 11 is 0. The first-order valence-corrected chi connectivity index (χ1v) is 8.25. The zero-order valence-electron chi connectivity index (χ0n) is 13.4. The maximum atomic E-state index is 12.5. The molecule has 0 saturated carbocycles. The predicted molar refractivity (Wildman–Crippen MR) is 87.2 cm³/mol. The highest BCUT2D eigenvalue weighted by molar-refractivity contribution is 5.94. The van der Waals surface area contributed by atoms with Crippen LogP contribution in [0.4, 0.5) is 0 Å². The summed E-state index contributed by atoms with van der Waals surface area (Å²) in [5.74, 6) is 1.28. The highest BCUT2D eigenvalue weighted by Gasteiger charge is 2.22. The van der Waals surface area contributed by atoms with Crippen LogP contribution in [0.3, 0.4) is 0 Å². The minimum Gasteiger partial charge on any atom is -0.490 e. The summed E-state index contributed by atoms with van der Waals surface area (Å²) < 4.78 is 11.5. The van der Waals surface area contributed by atoms with Crippen LogP contribution in [0, 0.1) is 0 Å². The molecule has 0 aliphatic carbocycles. The summed E-state index contributed by atoms with van der Waals surface area (Å²) in [4.78, 5) is 12.5. The Kier molecular flexibility index (Phi) is 4.08. The molecular formula is C17H20N4O3. The molecular weight excluding hydrogens is 308 g/mol. The molecule has 1 amide bonds. The predicted octanol–water partition coefficient (Wildman–Crippen LogP) is 1.15. The van der Waals surface area contributed by atoms with Crippen molar-refractivity contribution in [2.24, 2.45) is 0 Å². The number of amides is 1. The number of para-hydroxylation sites is 1. The molecule has 24 heavy (non-hydrogen) atoms. The number of rotatable bonds is 3. The summed E-state index contributed by atoms with van der Waals surface area (Å²) in [6.45, 7) is 3.22. The molecule has 2 aliphatic heterocycles. The smallest absolute Gasteiger partial charge is 0.272 e. The second-order valence-electron chi connectivity index (χ2n) is 5.93. The van der Waals surface area contributed by atoms with E-state index in [4.69, 9.17) is 9.47 Å². The molecule has 1 aromatic heterocycles. The minimum absolute atomic E-state index is 0.177. The Balaban J connectivity index is 1.49. The van der Waals surface area contributed by atoms with Crippen molar-refractivity contribution < 1.29 is 14.3 Å². The van der Waals surface area contributed by atoms with Crippen molar-refractivity contribution >= 4 is 5.91 Å². The topological polar surface area (TPSA) is 88.3 Å². The van der Waals surface area contributed by atoms with Crippen LogP contribution >= 0.6 is 0 Å². The van der Waals surface area contributed by atoms with Crippen molar-refractivity contribution in [3.05, 3.63) is 40.7 Å². The fourth-order valence-electron chi connectivity index (χ4n) is 3.07. The SMILES string of the molecule is O=C(NCc1cccc2c1OCCCO2)c1n[nH]c2c1CNCC2. The van der Waals surface area contributed by atoms with E-state index in [-0.39, 0.29) is 5.91 Å². The molecule has 0 unspecified atom stereocenters. The van der Waals surface area contributed by atoms with Crippen LogP contribution < -0.4 is 20.1 Å². The number of carbonyl (C=O) groups excluding carboxylic acids is 1. The van der Waals surface area contributed by atoms with Crippen LogP contribution in [-0.2, 0) is 19.5 Å². The normalized spacial score (nSPS) is 16.2. The zero-order chi connectivity index (χ0) is 16.4. The Morgan fingerprint density at radius 3 is 3.17 bits per heavy atom. The van der Waals surface area contributed by atoms with Gasteiger partial charge in [0.1, 0.15) is 0 Å². The third kappa shape index (κ3) is 2.82. The summed E-state index contributed by atoms with van der Waals surface area (Å²) in [5, 5.41) is 13.4. The molecule has 4 rings (SSSR count). The molecule has 0 atom stereocenters. The van der Waals surface area contributed by atoms with Gasteiger partial charge >= 0.3 is 0 Å². The monoisotopic (exact) mass is 328 g/mol. The van der Waals surface area contributed by atoms with E-state index in [0.717, 1.165) is 47.7 Å². The van der Waals surface area contributed by atoms with Crippen molar-refractivity contribution in [1.29, 1.82) is 0 Å². The standard InChI is InChI=1S/C17H20N4O3/c22-17(15-12-10-18-6-5-13(12)20-21-15)19-9-11-3-1-4-14-16(11)24-8-2-7-23-14/h1,3-4,18H,2,5-10H2,(H,19,22)(H,20,21). The number of benzene rings is 1. The zero-order valence-corrected chi connectivity index (χ0v) is 13.4. The summed E-state index contributed by atoms with van der Waals surface area (Å²) in [6, 6.07) is 5.74. The van der Waals surface area contributed by atoms with E-state index >= 15 is 0 Å². The Morgan fingerprint density at radius 2 is 2.21 bits per heavy atom. The number of aromatic nitrogens is 2. The number of H-pyrrole nitrogens is 1. The average Bonchev–Trinajstić information content (AvgIpc) is 2.89. The van der Waals surface area contributed by atoms with Gasteiger partial charge in [0.05, 0.1) is 13.2 Å². The molecule has 7 heteroatoms. The van der Waals surface area contributed by atoms with E-state index in [2.05, 4.69) is 20.8 Å². The van der Waals surface area contributed by atoms with E-state index in [0.29, 0.717) is 32.0 Å². The second kappa shape index (κ2) is 6.52. The van der Waals surface area contributed by atoms with Gasteiger partial charge in [-0.05, 0) is 6.07 Å². The molecule has 3 heterocycles. The largest absolute Gasteiger partial charge is 0.490 e. The van der Waals surface area contributed by atoms with Crippen molar-refractivity contribution in [3.8, 4) is 11.5 Å². The highest BCUT2D eigenvalue weighted by Crippen LogP contribution is 2.33. The van der Waals surface area contributed by atoms with Crippen molar-refractivity contribution in [3.63, 3.8) is 0 Å². The van der Waals surface area contributed by atoms with Gasteiger partial charge in [-0.1, -0.05) is 12.1 Å². The van der Waals surface area contributed by atoms with Gasteiger partial charge in [-0.15, -0.1) is 0 Å². The molecule has 2 aromatic rings. The molecule has 0 bridgehead atoms. The first-order chi connectivity index (χ1) is 11.8. The Labute approximate surface area is 139 Å². The molecule has 126 valence electrons. The third-order valence-electron chi connectivity index (χ3n) is 4.31. The van der Waals surface area contributed by atoms with Crippen LogP contribution in [-0.4, -0.2) is 35.9 Å². The van der Waals surface area contributed by atoms with E-state index in [1.807, 2.05) is 18.2 Å². The molecule has 1 aromatic carbocycles. The quantitative estimate of drug-likeness (QED) is 0.786. The van der Waals surface area contributed by atoms with E-state index in [1.54, 1.807) is 0 Å². The van der Waals surface area contributed by atoms with Gasteiger partial charge in [-0.2, -0.15) is 5.10 Å². The van der Waals surface area contributed by atoms with Crippen molar-refractivity contribution in [2.75, 3.05) is 19.8 Å². The lowest BCUT2D eigenvalue weighted by molar-refractivity contribution is 0.0944. The lowest BCUT2D eigenvalue weighted by Crippen LogP contribution is -2.28. The van der Waals surface area contributed by atoms with Crippen LogP contribution in [0.15, 0.2) is 18.2 Å². The van der Waals surface area contributed by atoms with Crippen LogP contribution in [0.25, 0.3) is 0 Å². The fraction of sp³-hybridized carbons (Fsp3) is 0.412. The number of carbonyl (C=O) groups is 1. The number of fused-ring (bicyclic) bond motifs is 2. The first kappa shape index (κ1) is 15.0. The van der Waals surface area contributed by atoms with Gasteiger partial charge in [0.2, 0.25) is 0 Å². The number of hydrogen-bond acceptors (Lipinski definition) is 5. The van der Waals surface area contributed by atoms with Gasteiger partial charge < -0.3 is 20.1 Å². The van der Waals surface area contributed by atoms with Gasteiger partial charge in [0.25, 0.3) is 5.91 Å². The lowest BCUT2D eigenvalue weighted by atomic mass is 10.1. The number of nitrogens with zero attached hydrogens (tertiary/aromatic N) is 1. The molecule has 2 aliphatic rings. The van der Waals surface area contributed by atoms with E-state index in [9.17, 15) is 4.79 Å². The Bertz CT molecular complexity index is 756. The van der Waals surface area contributed by atoms with E-state index < -0.39 is 0 Å². The molecule has 3 N–H and O–H groups in total. The van der Waals surface area contributed by atoms with Crippen LogP contribution in [0.1, 0.15) is 33.7 Å². The van der Waals surface area contributed by atoms with Crippen molar-refractivity contribution in [1.82, 2.24) is 20.8 Å². The highest BCUT2D eigenvalue weighted by atomic mass is 16.5. The van der Waals surface area contributed by atoms with Crippen molar-refractivity contribution in [2.45, 2.75) is 25.9 Å². The minimum atomic E-state index is -0.177. The third-order valence-corrected chi connectivity index (χ3v) is 4.31. The molecule has 0 saturated heterocycles. The van der Waals surface area contributed by atoms with Gasteiger partial charge in [-0.3, -0.25) is 9.89 Å². The number of ether oxygens (including phenoxy) is 2. The summed E-state index contributed by atoms with van der Waals surface area (Å²) in [5.41, 5.74) is 3.39. The van der Waals surface area contributed by atoms with Gasteiger partial charge in [0, 0.05) is 49.3 Å². The van der Waals surface area contributed by atoms with Gasteiger partial charge in [0.15, 0.2) is 17.2 Å². The van der Waals surface area contributed by atoms with E-state index in [1.165, 1.54) is 0 Å². The number of nitrogens with one attached hydrogen (secondary N) is 3. The number of aromatic amines is 1. The maximum Gasteiger partial charge on any atom is 0.272 e. The average molecular weight is 328 g/mol. The molecule has 0 radical (unpaired) electrons. The van der Waals surface area contributed by atoms with Gasteiger partial charge in [-0.25, -0.2) is 0 Å². The summed E-state index contributed by atoms with van der Waals surface area (Å²) in [6.07, 6.45) is 1.72. The Morgan fingerprint density at radius 1 is 1.29 bits per heavy atom. The first-order valence-electron chi connectivity index (χ1n) is 8.25. The fourth-order valence-corrected chi connectivity index (χ4v) is 3.07. The molecule has 0 fully saturated rings. The Hall–Kier alpha value is -2.54.